The molecule has 0 spiro atoms. The lowest BCUT2D eigenvalue weighted by atomic mass is 10.2. The Morgan fingerprint density at radius 2 is 1.95 bits per heavy atom. The van der Waals surface area contributed by atoms with Crippen LogP contribution in [0.15, 0.2) is 0 Å². The van der Waals surface area contributed by atoms with Gasteiger partial charge in [0.1, 0.15) is 6.04 Å². The molecule has 118 valence electrons. The van der Waals surface area contributed by atoms with Crippen molar-refractivity contribution in [1.82, 2.24) is 15.5 Å². The summed E-state index contributed by atoms with van der Waals surface area (Å²) in [6, 6.07) is -1.17. The van der Waals surface area contributed by atoms with Crippen molar-refractivity contribution >= 4 is 17.9 Å². The standard InChI is InChI=1S/C13H21N3O5/c17-9-6-10(12(19)20)16(7-9)13(21)14-5-1-2-11(18)15-8-3-4-8/h8-10,17H,1-7H2,(H,14,21)(H,15,18)(H,19,20). The fourth-order valence-electron chi connectivity index (χ4n) is 2.35. The van der Waals surface area contributed by atoms with Gasteiger partial charge in [0.15, 0.2) is 0 Å². The number of carboxylic acids is 1. The molecule has 2 rings (SSSR count). The number of hydrogen-bond donors (Lipinski definition) is 4. The molecule has 0 bridgehead atoms. The Hall–Kier alpha value is -1.83. The largest absolute Gasteiger partial charge is 0.480 e. The minimum absolute atomic E-state index is 0.0188. The van der Waals surface area contributed by atoms with Gasteiger partial charge in [-0.05, 0) is 19.3 Å². The zero-order valence-electron chi connectivity index (χ0n) is 11.7. The van der Waals surface area contributed by atoms with Crippen LogP contribution in [0.4, 0.5) is 4.79 Å². The Morgan fingerprint density at radius 1 is 1.24 bits per heavy atom. The van der Waals surface area contributed by atoms with Crippen LogP contribution in [0, 0.1) is 0 Å². The van der Waals surface area contributed by atoms with Crippen LogP contribution in [0.2, 0.25) is 0 Å². The van der Waals surface area contributed by atoms with Gasteiger partial charge in [-0.2, -0.15) is 0 Å². The first kappa shape index (κ1) is 15.6. The molecule has 8 heteroatoms. The Labute approximate surface area is 122 Å². The van der Waals surface area contributed by atoms with Gasteiger partial charge in [-0.25, -0.2) is 9.59 Å². The highest BCUT2D eigenvalue weighted by Crippen LogP contribution is 2.19. The maximum absolute atomic E-state index is 11.9. The van der Waals surface area contributed by atoms with Crippen LogP contribution in [0.25, 0.3) is 0 Å². The topological polar surface area (TPSA) is 119 Å². The Balaban J connectivity index is 1.66. The smallest absolute Gasteiger partial charge is 0.326 e. The van der Waals surface area contributed by atoms with Crippen molar-refractivity contribution in [2.75, 3.05) is 13.1 Å². The molecule has 8 nitrogen and oxygen atoms in total. The van der Waals surface area contributed by atoms with E-state index in [-0.39, 0.29) is 18.9 Å². The molecule has 1 heterocycles. The fraction of sp³-hybridized carbons (Fsp3) is 0.769. The SMILES string of the molecule is O=C(CCCNC(=O)N1CC(O)CC1C(=O)O)NC1CC1. The number of hydrogen-bond acceptors (Lipinski definition) is 4. The normalized spacial score (nSPS) is 24.7. The zero-order chi connectivity index (χ0) is 15.4. The maximum atomic E-state index is 11.9. The summed E-state index contributed by atoms with van der Waals surface area (Å²) in [7, 11) is 0. The molecule has 2 unspecified atom stereocenters. The number of amides is 3. The van der Waals surface area contributed by atoms with E-state index in [4.69, 9.17) is 5.11 Å². The zero-order valence-corrected chi connectivity index (χ0v) is 11.7. The van der Waals surface area contributed by atoms with Gasteiger partial charge in [0.05, 0.1) is 6.10 Å². The number of β-amino-alcohol motifs (C(OH)–C–C–N with tert-alkyl or cyclic N) is 1. The van der Waals surface area contributed by atoms with Gasteiger partial charge >= 0.3 is 12.0 Å². The van der Waals surface area contributed by atoms with Crippen LogP contribution in [0.5, 0.6) is 0 Å². The number of nitrogens with one attached hydrogen (secondary N) is 2. The van der Waals surface area contributed by atoms with E-state index in [1.165, 1.54) is 0 Å². The van der Waals surface area contributed by atoms with Crippen LogP contribution in [-0.4, -0.2) is 64.3 Å². The number of aliphatic hydroxyl groups excluding tert-OH is 1. The Morgan fingerprint density at radius 3 is 2.57 bits per heavy atom. The summed E-state index contributed by atoms with van der Waals surface area (Å²) in [6.45, 7) is 0.320. The van der Waals surface area contributed by atoms with Gasteiger partial charge < -0.3 is 25.7 Å². The highest BCUT2D eigenvalue weighted by molar-refractivity contribution is 5.83. The molecule has 0 aromatic rings. The van der Waals surface area contributed by atoms with Gasteiger partial charge in [0.25, 0.3) is 0 Å². The summed E-state index contributed by atoms with van der Waals surface area (Å²) in [5.41, 5.74) is 0. The van der Waals surface area contributed by atoms with Crippen LogP contribution in [0.1, 0.15) is 32.1 Å². The molecule has 21 heavy (non-hydrogen) atoms. The van der Waals surface area contributed by atoms with Gasteiger partial charge in [-0.1, -0.05) is 0 Å². The van der Waals surface area contributed by atoms with Crippen molar-refractivity contribution in [2.45, 2.75) is 50.3 Å². The van der Waals surface area contributed by atoms with Crippen molar-refractivity contribution in [3.63, 3.8) is 0 Å². The van der Waals surface area contributed by atoms with Gasteiger partial charge in [-0.15, -0.1) is 0 Å². The third kappa shape index (κ3) is 4.59. The summed E-state index contributed by atoms with van der Waals surface area (Å²) in [6.07, 6.45) is 2.15. The number of carbonyl (C=O) groups excluding carboxylic acids is 2. The van der Waals surface area contributed by atoms with Crippen LogP contribution in [-0.2, 0) is 9.59 Å². The van der Waals surface area contributed by atoms with E-state index in [0.29, 0.717) is 25.4 Å². The van der Waals surface area contributed by atoms with E-state index >= 15 is 0 Å². The Bertz CT molecular complexity index is 424. The van der Waals surface area contributed by atoms with Gasteiger partial charge in [0.2, 0.25) is 5.91 Å². The fourth-order valence-corrected chi connectivity index (χ4v) is 2.35. The van der Waals surface area contributed by atoms with Crippen molar-refractivity contribution in [3.8, 4) is 0 Å². The number of likely N-dealkylation sites (tertiary alicyclic amines) is 1. The van der Waals surface area contributed by atoms with E-state index < -0.39 is 24.1 Å². The lowest BCUT2D eigenvalue weighted by molar-refractivity contribution is -0.141. The first-order valence-electron chi connectivity index (χ1n) is 7.22. The second kappa shape index (κ2) is 6.75. The van der Waals surface area contributed by atoms with E-state index in [1.807, 2.05) is 0 Å². The highest BCUT2D eigenvalue weighted by Gasteiger charge is 2.38. The minimum Gasteiger partial charge on any atom is -0.480 e. The summed E-state index contributed by atoms with van der Waals surface area (Å²) < 4.78 is 0. The van der Waals surface area contributed by atoms with Crippen LogP contribution in [0.3, 0.4) is 0 Å². The molecular weight excluding hydrogens is 278 g/mol. The van der Waals surface area contributed by atoms with Crippen LogP contribution >= 0.6 is 0 Å². The summed E-state index contributed by atoms with van der Waals surface area (Å²) >= 11 is 0. The average Bonchev–Trinajstić information content (AvgIpc) is 3.13. The van der Waals surface area contributed by atoms with E-state index in [1.54, 1.807) is 0 Å². The summed E-state index contributed by atoms with van der Waals surface area (Å²) in [5, 5.41) is 23.9. The molecule has 0 aromatic heterocycles. The number of carbonyl (C=O) groups is 3. The van der Waals surface area contributed by atoms with Crippen molar-refractivity contribution < 1.29 is 24.6 Å². The van der Waals surface area contributed by atoms with Gasteiger partial charge in [0, 0.05) is 32.0 Å². The third-order valence-electron chi connectivity index (χ3n) is 3.62. The Kier molecular flexibility index (Phi) is 5.00. The number of rotatable bonds is 6. The predicted molar refractivity (Wildman–Crippen MR) is 72.6 cm³/mol. The second-order valence-electron chi connectivity index (χ2n) is 5.57. The quantitative estimate of drug-likeness (QED) is 0.482. The lowest BCUT2D eigenvalue weighted by Crippen LogP contribution is -2.46. The monoisotopic (exact) mass is 299 g/mol. The molecule has 2 atom stereocenters. The molecule has 3 amide bonds. The van der Waals surface area contributed by atoms with Gasteiger partial charge in [-0.3, -0.25) is 4.79 Å². The number of urea groups is 1. The highest BCUT2D eigenvalue weighted by atomic mass is 16.4. The lowest BCUT2D eigenvalue weighted by Gasteiger charge is -2.21. The minimum atomic E-state index is -1.12. The molecule has 2 aliphatic rings. The molecule has 1 saturated carbocycles. The molecule has 4 N–H and O–H groups in total. The molecule has 1 aliphatic carbocycles. The maximum Gasteiger partial charge on any atom is 0.326 e. The summed E-state index contributed by atoms with van der Waals surface area (Å²) in [5.74, 6) is -1.14. The third-order valence-corrected chi connectivity index (χ3v) is 3.62. The van der Waals surface area contributed by atoms with E-state index in [0.717, 1.165) is 17.7 Å². The first-order valence-corrected chi connectivity index (χ1v) is 7.22. The van der Waals surface area contributed by atoms with E-state index in [9.17, 15) is 19.5 Å². The number of aliphatic carboxylic acids is 1. The molecular formula is C13H21N3O5. The summed E-state index contributed by atoms with van der Waals surface area (Å²) in [4.78, 5) is 35.4. The molecule has 1 aliphatic heterocycles. The van der Waals surface area contributed by atoms with Crippen molar-refractivity contribution in [2.24, 2.45) is 0 Å². The molecule has 1 saturated heterocycles. The van der Waals surface area contributed by atoms with Crippen LogP contribution < -0.4 is 10.6 Å². The van der Waals surface area contributed by atoms with E-state index in [2.05, 4.69) is 10.6 Å². The second-order valence-corrected chi connectivity index (χ2v) is 5.57. The molecule has 0 aromatic carbocycles. The van der Waals surface area contributed by atoms with Crippen molar-refractivity contribution in [3.05, 3.63) is 0 Å². The number of aliphatic hydroxyl groups is 1. The van der Waals surface area contributed by atoms with Crippen molar-refractivity contribution in [1.29, 1.82) is 0 Å². The average molecular weight is 299 g/mol. The molecule has 2 fully saturated rings. The predicted octanol–water partition coefficient (Wildman–Crippen LogP) is -0.725. The first-order chi connectivity index (χ1) is 9.97. The number of carboxylic acid groups (broad SMARTS) is 1. The molecule has 0 radical (unpaired) electrons. The number of nitrogens with zero attached hydrogens (tertiary/aromatic N) is 1.